The van der Waals surface area contributed by atoms with Crippen LogP contribution in [0.3, 0.4) is 0 Å². The number of fused-ring (bicyclic) bond motifs is 1. The molecular formula is C20H26N4O4S. The average molecular weight is 419 g/mol. The van der Waals surface area contributed by atoms with Crippen molar-refractivity contribution in [1.29, 1.82) is 0 Å². The number of nitrogens with one attached hydrogen (secondary N) is 1. The summed E-state index contributed by atoms with van der Waals surface area (Å²) in [7, 11) is 0. The minimum atomic E-state index is -0.614. The number of amides is 4. The van der Waals surface area contributed by atoms with Crippen molar-refractivity contribution in [3.05, 3.63) is 22.4 Å². The van der Waals surface area contributed by atoms with Crippen LogP contribution < -0.4 is 5.32 Å². The van der Waals surface area contributed by atoms with Gasteiger partial charge in [0.2, 0.25) is 23.6 Å². The number of thiophene rings is 1. The zero-order valence-corrected chi connectivity index (χ0v) is 17.3. The molecule has 0 aromatic carbocycles. The molecule has 0 unspecified atom stereocenters. The number of piperidine rings is 1. The van der Waals surface area contributed by atoms with E-state index in [9.17, 15) is 19.2 Å². The van der Waals surface area contributed by atoms with Crippen LogP contribution in [0, 0.1) is 5.92 Å². The molecule has 3 fully saturated rings. The molecule has 0 aliphatic carbocycles. The first-order valence-electron chi connectivity index (χ1n) is 10.1. The van der Waals surface area contributed by atoms with Crippen LogP contribution in [0.4, 0.5) is 0 Å². The zero-order valence-electron chi connectivity index (χ0n) is 16.5. The summed E-state index contributed by atoms with van der Waals surface area (Å²) in [6, 6.07) is 2.75. The molecule has 1 aromatic heterocycles. The lowest BCUT2D eigenvalue weighted by molar-refractivity contribution is -0.157. The fraction of sp³-hybridized carbons (Fsp3) is 0.600. The second-order valence-corrected chi connectivity index (χ2v) is 8.99. The summed E-state index contributed by atoms with van der Waals surface area (Å²) in [5.74, 6) is -0.293. The Kier molecular flexibility index (Phi) is 5.58. The summed E-state index contributed by atoms with van der Waals surface area (Å²) in [6.07, 6.45) is 1.80. The molecule has 0 radical (unpaired) electrons. The third-order valence-electron chi connectivity index (χ3n) is 6.17. The molecule has 4 heterocycles. The second kappa shape index (κ2) is 8.14. The van der Waals surface area contributed by atoms with Crippen molar-refractivity contribution in [3.63, 3.8) is 0 Å². The summed E-state index contributed by atoms with van der Waals surface area (Å²) in [5.41, 5.74) is 0. The van der Waals surface area contributed by atoms with Gasteiger partial charge in [-0.2, -0.15) is 0 Å². The average Bonchev–Trinajstić information content (AvgIpc) is 3.24. The van der Waals surface area contributed by atoms with Gasteiger partial charge in [-0.15, -0.1) is 11.3 Å². The third-order valence-corrected chi connectivity index (χ3v) is 7.07. The van der Waals surface area contributed by atoms with Gasteiger partial charge in [0, 0.05) is 50.3 Å². The monoisotopic (exact) mass is 418 g/mol. The molecule has 3 aliphatic rings. The number of carbonyl (C=O) groups excluding carboxylic acids is 4. The van der Waals surface area contributed by atoms with E-state index in [1.165, 1.54) is 0 Å². The van der Waals surface area contributed by atoms with E-state index in [0.29, 0.717) is 45.4 Å². The van der Waals surface area contributed by atoms with E-state index in [1.54, 1.807) is 33.0 Å². The molecule has 3 saturated heterocycles. The predicted molar refractivity (Wildman–Crippen MR) is 107 cm³/mol. The highest BCUT2D eigenvalue weighted by atomic mass is 32.1. The maximum Gasteiger partial charge on any atom is 0.246 e. The van der Waals surface area contributed by atoms with Gasteiger partial charge in [0.15, 0.2) is 0 Å². The maximum absolute atomic E-state index is 13.0. The number of piperazine rings is 2. The van der Waals surface area contributed by atoms with E-state index in [1.807, 2.05) is 17.5 Å². The van der Waals surface area contributed by atoms with E-state index in [0.717, 1.165) is 4.88 Å². The quantitative estimate of drug-likeness (QED) is 0.753. The zero-order chi connectivity index (χ0) is 20.5. The Morgan fingerprint density at radius 2 is 1.90 bits per heavy atom. The lowest BCUT2D eigenvalue weighted by Gasteiger charge is -2.46. The SMILES string of the molecule is CC(=O)N1CCC(C(=O)N2CCN3C(=O)[C@H](Cc4cccs4)NC(=O)[C@H]3C2)CC1. The van der Waals surface area contributed by atoms with Crippen molar-refractivity contribution in [2.45, 2.75) is 38.3 Å². The number of likely N-dealkylation sites (tertiary alicyclic amines) is 1. The standard InChI is InChI=1S/C20H26N4O4S/c1-13(25)22-6-4-14(5-7-22)19(27)23-8-9-24-17(12-23)18(26)21-16(20(24)28)11-15-3-2-10-29-15/h2-3,10,14,16-17H,4-9,11-12H2,1H3,(H,21,26)/t16-,17+/m0/s1. The van der Waals surface area contributed by atoms with Gasteiger partial charge >= 0.3 is 0 Å². The molecule has 3 aliphatic heterocycles. The minimum Gasteiger partial charge on any atom is -0.343 e. The molecule has 9 heteroatoms. The van der Waals surface area contributed by atoms with Crippen molar-refractivity contribution >= 4 is 35.0 Å². The van der Waals surface area contributed by atoms with Crippen LogP contribution in [0.1, 0.15) is 24.6 Å². The Hall–Kier alpha value is -2.42. The van der Waals surface area contributed by atoms with Gasteiger partial charge in [-0.1, -0.05) is 6.07 Å². The van der Waals surface area contributed by atoms with E-state index in [4.69, 9.17) is 0 Å². The molecule has 156 valence electrons. The minimum absolute atomic E-state index is 0.0359. The Labute approximate surface area is 173 Å². The van der Waals surface area contributed by atoms with E-state index < -0.39 is 12.1 Å². The van der Waals surface area contributed by atoms with Crippen molar-refractivity contribution < 1.29 is 19.2 Å². The fourth-order valence-corrected chi connectivity index (χ4v) is 5.22. The van der Waals surface area contributed by atoms with Crippen LogP contribution >= 0.6 is 11.3 Å². The normalized spacial score (nSPS) is 25.6. The fourth-order valence-electron chi connectivity index (χ4n) is 4.47. The topological polar surface area (TPSA) is 90.0 Å². The number of carbonyl (C=O) groups is 4. The summed E-state index contributed by atoms with van der Waals surface area (Å²) in [6.45, 7) is 3.82. The van der Waals surface area contributed by atoms with Crippen molar-refractivity contribution in [2.24, 2.45) is 5.92 Å². The van der Waals surface area contributed by atoms with Crippen LogP contribution in [-0.4, -0.2) is 83.1 Å². The second-order valence-electron chi connectivity index (χ2n) is 7.96. The van der Waals surface area contributed by atoms with E-state index in [2.05, 4.69) is 5.32 Å². The number of hydrogen-bond donors (Lipinski definition) is 1. The van der Waals surface area contributed by atoms with Crippen molar-refractivity contribution in [3.8, 4) is 0 Å². The van der Waals surface area contributed by atoms with Gasteiger partial charge < -0.3 is 20.0 Å². The van der Waals surface area contributed by atoms with E-state index >= 15 is 0 Å². The van der Waals surface area contributed by atoms with Crippen molar-refractivity contribution in [2.75, 3.05) is 32.7 Å². The Morgan fingerprint density at radius 1 is 1.14 bits per heavy atom. The highest BCUT2D eigenvalue weighted by Gasteiger charge is 2.45. The first-order valence-corrected chi connectivity index (χ1v) is 11.0. The molecule has 4 rings (SSSR count). The number of rotatable bonds is 3. The van der Waals surface area contributed by atoms with Gasteiger partial charge in [0.1, 0.15) is 12.1 Å². The van der Waals surface area contributed by atoms with Gasteiger partial charge in [0.25, 0.3) is 0 Å². The first-order chi connectivity index (χ1) is 13.9. The molecule has 4 amide bonds. The number of nitrogens with zero attached hydrogens (tertiary/aromatic N) is 3. The Morgan fingerprint density at radius 3 is 2.55 bits per heavy atom. The predicted octanol–water partition coefficient (Wildman–Crippen LogP) is 0.0869. The molecule has 0 bridgehead atoms. The molecule has 2 atom stereocenters. The smallest absolute Gasteiger partial charge is 0.246 e. The summed E-state index contributed by atoms with van der Waals surface area (Å²) in [4.78, 5) is 56.2. The summed E-state index contributed by atoms with van der Waals surface area (Å²) in [5, 5.41) is 4.81. The van der Waals surface area contributed by atoms with Gasteiger partial charge in [0.05, 0.1) is 6.54 Å². The Balaban J connectivity index is 1.36. The molecule has 8 nitrogen and oxygen atoms in total. The van der Waals surface area contributed by atoms with Crippen LogP contribution in [0.5, 0.6) is 0 Å². The van der Waals surface area contributed by atoms with Gasteiger partial charge in [-0.3, -0.25) is 19.2 Å². The largest absolute Gasteiger partial charge is 0.343 e. The lowest BCUT2D eigenvalue weighted by Crippen LogP contribution is -2.70. The highest BCUT2D eigenvalue weighted by Crippen LogP contribution is 2.24. The number of hydrogen-bond acceptors (Lipinski definition) is 5. The molecule has 0 saturated carbocycles. The van der Waals surface area contributed by atoms with E-state index in [-0.39, 0.29) is 36.1 Å². The molecular weight excluding hydrogens is 392 g/mol. The van der Waals surface area contributed by atoms with Crippen LogP contribution in [0.2, 0.25) is 0 Å². The first kappa shape index (κ1) is 19.9. The van der Waals surface area contributed by atoms with Crippen LogP contribution in [0.15, 0.2) is 17.5 Å². The summed E-state index contributed by atoms with van der Waals surface area (Å²) >= 11 is 1.57. The highest BCUT2D eigenvalue weighted by molar-refractivity contribution is 7.09. The van der Waals surface area contributed by atoms with Crippen molar-refractivity contribution in [1.82, 2.24) is 20.0 Å². The lowest BCUT2D eigenvalue weighted by atomic mass is 9.94. The molecule has 1 aromatic rings. The van der Waals surface area contributed by atoms with Gasteiger partial charge in [-0.05, 0) is 24.3 Å². The molecule has 29 heavy (non-hydrogen) atoms. The maximum atomic E-state index is 13.0. The Bertz CT molecular complexity index is 803. The third kappa shape index (κ3) is 4.01. The summed E-state index contributed by atoms with van der Waals surface area (Å²) < 4.78 is 0. The molecule has 0 spiro atoms. The van der Waals surface area contributed by atoms with Crippen LogP contribution in [-0.2, 0) is 25.6 Å². The van der Waals surface area contributed by atoms with Gasteiger partial charge in [-0.25, -0.2) is 0 Å². The molecule has 1 N–H and O–H groups in total. The van der Waals surface area contributed by atoms with Crippen LogP contribution in [0.25, 0.3) is 0 Å².